The fraction of sp³-hybridized carbons (Fsp3) is 0.538. The van der Waals surface area contributed by atoms with E-state index in [2.05, 4.69) is 16.7 Å². The van der Waals surface area contributed by atoms with E-state index in [4.69, 9.17) is 9.47 Å². The quantitative estimate of drug-likeness (QED) is 0.816. The van der Waals surface area contributed by atoms with E-state index < -0.39 is 0 Å². The van der Waals surface area contributed by atoms with Crippen LogP contribution in [0.15, 0.2) is 18.2 Å². The van der Waals surface area contributed by atoms with Gasteiger partial charge in [-0.25, -0.2) is 0 Å². The highest BCUT2D eigenvalue weighted by Crippen LogP contribution is 2.37. The summed E-state index contributed by atoms with van der Waals surface area (Å²) in [6.45, 7) is 3.45. The fourth-order valence-corrected chi connectivity index (χ4v) is 2.37. The second kappa shape index (κ2) is 4.84. The molecule has 0 spiro atoms. The Morgan fingerprint density at radius 1 is 1.12 bits per heavy atom. The zero-order valence-electron chi connectivity index (χ0n) is 9.87. The predicted octanol–water partition coefficient (Wildman–Crippen LogP) is 1.62. The van der Waals surface area contributed by atoms with Crippen LogP contribution < -0.4 is 20.1 Å². The average molecular weight is 234 g/mol. The molecule has 1 saturated heterocycles. The van der Waals surface area contributed by atoms with E-state index in [1.165, 1.54) is 0 Å². The molecular weight excluding hydrogens is 216 g/mol. The third kappa shape index (κ3) is 2.31. The number of ether oxygens (including phenoxy) is 2. The van der Waals surface area contributed by atoms with Gasteiger partial charge in [-0.05, 0) is 38.1 Å². The lowest BCUT2D eigenvalue weighted by molar-refractivity contribution is 0.172. The van der Waals surface area contributed by atoms with E-state index in [0.717, 1.165) is 43.1 Å². The van der Waals surface area contributed by atoms with E-state index in [1.807, 2.05) is 12.1 Å². The first kappa shape index (κ1) is 10.7. The van der Waals surface area contributed by atoms with Gasteiger partial charge in [-0.1, -0.05) is 6.07 Å². The first-order valence-electron chi connectivity index (χ1n) is 6.29. The highest BCUT2D eigenvalue weighted by Gasteiger charge is 2.19. The molecule has 2 aliphatic heterocycles. The molecule has 17 heavy (non-hydrogen) atoms. The maximum atomic E-state index is 5.69. The maximum Gasteiger partial charge on any atom is 0.184 e. The molecule has 4 heteroatoms. The molecule has 3 rings (SSSR count). The Labute approximate surface area is 101 Å². The van der Waals surface area contributed by atoms with Crippen molar-refractivity contribution >= 4 is 5.69 Å². The predicted molar refractivity (Wildman–Crippen MR) is 66.9 cm³/mol. The van der Waals surface area contributed by atoms with Crippen molar-refractivity contribution in [3.05, 3.63) is 18.2 Å². The van der Waals surface area contributed by atoms with Gasteiger partial charge in [-0.15, -0.1) is 0 Å². The van der Waals surface area contributed by atoms with Crippen LogP contribution in [-0.4, -0.2) is 32.3 Å². The van der Waals surface area contributed by atoms with Crippen LogP contribution in [0.5, 0.6) is 11.5 Å². The molecular formula is C13H18N2O2. The number of anilines is 1. The number of para-hydroxylation sites is 1. The first-order chi connectivity index (χ1) is 8.43. The average Bonchev–Trinajstić information content (AvgIpc) is 2.40. The van der Waals surface area contributed by atoms with Gasteiger partial charge in [0.25, 0.3) is 0 Å². The van der Waals surface area contributed by atoms with Crippen molar-refractivity contribution in [2.75, 3.05) is 31.6 Å². The Kier molecular flexibility index (Phi) is 3.05. The molecule has 0 atom stereocenters. The van der Waals surface area contributed by atoms with E-state index in [9.17, 15) is 0 Å². The molecule has 0 amide bonds. The molecule has 2 N–H and O–H groups in total. The van der Waals surface area contributed by atoms with Gasteiger partial charge in [-0.2, -0.15) is 0 Å². The summed E-state index contributed by atoms with van der Waals surface area (Å²) in [5.74, 6) is 1.73. The lowest BCUT2D eigenvalue weighted by Crippen LogP contribution is -2.35. The van der Waals surface area contributed by atoms with Crippen molar-refractivity contribution in [3.8, 4) is 11.5 Å². The fourth-order valence-electron chi connectivity index (χ4n) is 2.37. The molecule has 0 aromatic heterocycles. The largest absolute Gasteiger partial charge is 0.486 e. The summed E-state index contributed by atoms with van der Waals surface area (Å²) in [5.41, 5.74) is 1.06. The van der Waals surface area contributed by atoms with E-state index in [0.29, 0.717) is 19.3 Å². The van der Waals surface area contributed by atoms with Crippen LogP contribution in [-0.2, 0) is 0 Å². The molecule has 0 bridgehead atoms. The van der Waals surface area contributed by atoms with Crippen molar-refractivity contribution in [2.24, 2.45) is 0 Å². The summed E-state index contributed by atoms with van der Waals surface area (Å²) in [6, 6.07) is 6.57. The Bertz CT molecular complexity index is 389. The van der Waals surface area contributed by atoms with Gasteiger partial charge in [0.1, 0.15) is 13.2 Å². The van der Waals surface area contributed by atoms with E-state index in [-0.39, 0.29) is 0 Å². The van der Waals surface area contributed by atoms with Gasteiger partial charge >= 0.3 is 0 Å². The molecule has 1 aromatic rings. The van der Waals surface area contributed by atoms with E-state index in [1.54, 1.807) is 0 Å². The van der Waals surface area contributed by atoms with E-state index >= 15 is 0 Å². The molecule has 2 aliphatic rings. The van der Waals surface area contributed by atoms with Gasteiger partial charge in [0.05, 0.1) is 5.69 Å². The Morgan fingerprint density at radius 2 is 1.94 bits per heavy atom. The van der Waals surface area contributed by atoms with Crippen LogP contribution in [0, 0.1) is 0 Å². The summed E-state index contributed by atoms with van der Waals surface area (Å²) < 4.78 is 11.3. The monoisotopic (exact) mass is 234 g/mol. The number of benzene rings is 1. The normalized spacial score (nSPS) is 20.0. The Balaban J connectivity index is 1.77. The summed E-state index contributed by atoms with van der Waals surface area (Å²) in [6.07, 6.45) is 2.31. The van der Waals surface area contributed by atoms with Crippen molar-refractivity contribution in [2.45, 2.75) is 18.9 Å². The zero-order chi connectivity index (χ0) is 11.5. The van der Waals surface area contributed by atoms with Crippen molar-refractivity contribution in [1.29, 1.82) is 0 Å². The van der Waals surface area contributed by atoms with Crippen molar-refractivity contribution < 1.29 is 9.47 Å². The third-order valence-corrected chi connectivity index (χ3v) is 3.26. The van der Waals surface area contributed by atoms with Crippen LogP contribution in [0.1, 0.15) is 12.8 Å². The molecule has 4 nitrogen and oxygen atoms in total. The van der Waals surface area contributed by atoms with Gasteiger partial charge < -0.3 is 20.1 Å². The second-order valence-electron chi connectivity index (χ2n) is 4.50. The molecule has 1 fully saturated rings. The van der Waals surface area contributed by atoms with Gasteiger partial charge in [0.2, 0.25) is 0 Å². The highest BCUT2D eigenvalue weighted by molar-refractivity contribution is 5.64. The van der Waals surface area contributed by atoms with Crippen LogP contribution in [0.3, 0.4) is 0 Å². The number of nitrogens with one attached hydrogen (secondary N) is 2. The van der Waals surface area contributed by atoms with Gasteiger partial charge in [0.15, 0.2) is 11.5 Å². The first-order valence-corrected chi connectivity index (χ1v) is 6.29. The molecule has 0 aliphatic carbocycles. The minimum absolute atomic E-state index is 0.535. The number of fused-ring (bicyclic) bond motifs is 1. The lowest BCUT2D eigenvalue weighted by atomic mass is 10.1. The highest BCUT2D eigenvalue weighted by atomic mass is 16.6. The van der Waals surface area contributed by atoms with Crippen LogP contribution >= 0.6 is 0 Å². The maximum absolute atomic E-state index is 5.69. The molecule has 92 valence electrons. The Hall–Kier alpha value is -1.42. The topological polar surface area (TPSA) is 42.5 Å². The lowest BCUT2D eigenvalue weighted by Gasteiger charge is -2.27. The molecule has 0 unspecified atom stereocenters. The Morgan fingerprint density at radius 3 is 2.82 bits per heavy atom. The third-order valence-electron chi connectivity index (χ3n) is 3.26. The second-order valence-corrected chi connectivity index (χ2v) is 4.50. The van der Waals surface area contributed by atoms with Crippen LogP contribution in [0.25, 0.3) is 0 Å². The van der Waals surface area contributed by atoms with Crippen molar-refractivity contribution in [1.82, 2.24) is 5.32 Å². The summed E-state index contributed by atoms with van der Waals surface area (Å²) in [7, 11) is 0. The smallest absolute Gasteiger partial charge is 0.184 e. The minimum atomic E-state index is 0.535. The molecule has 0 saturated carbocycles. The number of hydrogen-bond donors (Lipinski definition) is 2. The summed E-state index contributed by atoms with van der Waals surface area (Å²) in [4.78, 5) is 0. The van der Waals surface area contributed by atoms with Gasteiger partial charge in [-0.3, -0.25) is 0 Å². The number of hydrogen-bond acceptors (Lipinski definition) is 4. The molecule has 1 aromatic carbocycles. The summed E-state index contributed by atoms with van der Waals surface area (Å²) in [5, 5.41) is 6.93. The number of piperidine rings is 1. The van der Waals surface area contributed by atoms with Crippen LogP contribution in [0.4, 0.5) is 5.69 Å². The van der Waals surface area contributed by atoms with Gasteiger partial charge in [0, 0.05) is 6.04 Å². The molecule has 0 radical (unpaired) electrons. The SMILES string of the molecule is c1cc(NC2CCNCC2)c2c(c1)OCCO2. The number of rotatable bonds is 2. The zero-order valence-corrected chi connectivity index (χ0v) is 9.87. The van der Waals surface area contributed by atoms with Crippen molar-refractivity contribution in [3.63, 3.8) is 0 Å². The minimum Gasteiger partial charge on any atom is -0.486 e. The standard InChI is InChI=1S/C13H18N2O2/c1-2-11(15-10-4-6-14-7-5-10)13-12(3-1)16-8-9-17-13/h1-3,10,14-15H,4-9H2. The van der Waals surface area contributed by atoms with Crippen LogP contribution in [0.2, 0.25) is 0 Å². The molecule has 2 heterocycles. The summed E-state index contributed by atoms with van der Waals surface area (Å²) >= 11 is 0.